The van der Waals surface area contributed by atoms with Crippen molar-refractivity contribution >= 4 is 40.7 Å². The number of hydrogen-bond acceptors (Lipinski definition) is 14. The Hall–Kier alpha value is -5.85. The summed E-state index contributed by atoms with van der Waals surface area (Å²) in [6.45, 7) is 6.61. The van der Waals surface area contributed by atoms with E-state index >= 15 is 0 Å². The van der Waals surface area contributed by atoms with Crippen LogP contribution in [0.3, 0.4) is 0 Å². The number of hydrogen-bond donors (Lipinski definition) is 3. The average Bonchev–Trinajstić information content (AvgIpc) is 3.95. The van der Waals surface area contributed by atoms with Crippen LogP contribution in [0.4, 0.5) is 67.1 Å². The fourth-order valence-corrected chi connectivity index (χ4v) is 5.87. The van der Waals surface area contributed by atoms with Gasteiger partial charge in [0, 0.05) is 42.2 Å². The molecule has 2 aliphatic carbocycles. The highest BCUT2D eigenvalue weighted by Gasteiger charge is 2.43. The predicted molar refractivity (Wildman–Crippen MR) is 188 cm³/mol. The van der Waals surface area contributed by atoms with Gasteiger partial charge >= 0.3 is 12.4 Å². The summed E-state index contributed by atoms with van der Waals surface area (Å²) in [4.78, 5) is 44.1. The molecule has 16 nitrogen and oxygen atoms in total. The van der Waals surface area contributed by atoms with Crippen LogP contribution in [0.2, 0.25) is 0 Å². The summed E-state index contributed by atoms with van der Waals surface area (Å²) in [6, 6.07) is 2.93. The molecule has 5 heterocycles. The zero-order valence-corrected chi connectivity index (χ0v) is 30.4. The summed E-state index contributed by atoms with van der Waals surface area (Å²) in [5.41, 5.74) is -8.02. The molecule has 3 aliphatic rings. The van der Waals surface area contributed by atoms with Crippen molar-refractivity contribution in [1.29, 1.82) is 5.26 Å². The quantitative estimate of drug-likeness (QED) is 0.155. The molecule has 0 aromatic carbocycles. The standard InChI is InChI=1S/C34H35F6N13O3/c1-30(2,17-41)53-24(55)11-19(13-44-53)51(26-21(34(38,39)40)15-43-29(47-26)49-32(4)8-9-32)27-22(12-23(54)52(50-27)18-5-10-56-16-18)45-25-20(33(35,36)37)14-42-28(46-25)48-31(3)6-7-31/h11-15,18H,5-10,16H2,1-4H3,(H,43,47,49)(H2,42,45,46,48). The van der Waals surface area contributed by atoms with E-state index < -0.39 is 86.1 Å². The Kier molecular flexibility index (Phi) is 9.21. The van der Waals surface area contributed by atoms with Crippen LogP contribution in [0.1, 0.15) is 77.0 Å². The summed E-state index contributed by atoms with van der Waals surface area (Å²) in [6.07, 6.45) is -5.16. The second-order valence-corrected chi connectivity index (χ2v) is 15.0. The summed E-state index contributed by atoms with van der Waals surface area (Å²) in [5.74, 6) is -2.79. The summed E-state index contributed by atoms with van der Waals surface area (Å²) < 4.78 is 95.5. The van der Waals surface area contributed by atoms with Gasteiger partial charge in [-0.25, -0.2) is 19.3 Å². The minimum Gasteiger partial charge on any atom is -0.379 e. The smallest absolute Gasteiger partial charge is 0.379 e. The van der Waals surface area contributed by atoms with Crippen molar-refractivity contribution in [2.24, 2.45) is 0 Å². The van der Waals surface area contributed by atoms with Gasteiger partial charge in [-0.05, 0) is 59.8 Å². The number of alkyl halides is 6. The van der Waals surface area contributed by atoms with Crippen LogP contribution in [-0.4, -0.2) is 63.8 Å². The molecular formula is C34H35F6N13O3. The number of rotatable bonds is 11. The molecular weight excluding hydrogens is 752 g/mol. The third kappa shape index (κ3) is 7.80. The minimum atomic E-state index is -5.14. The fourth-order valence-electron chi connectivity index (χ4n) is 5.87. The van der Waals surface area contributed by atoms with Crippen LogP contribution in [0, 0.1) is 11.3 Å². The average molecular weight is 788 g/mol. The molecule has 3 fully saturated rings. The lowest BCUT2D eigenvalue weighted by Crippen LogP contribution is -2.37. The van der Waals surface area contributed by atoms with Gasteiger partial charge in [-0.2, -0.15) is 46.7 Å². The van der Waals surface area contributed by atoms with Crippen LogP contribution >= 0.6 is 0 Å². The Bertz CT molecular complexity index is 2340. The molecule has 0 amide bonds. The van der Waals surface area contributed by atoms with Gasteiger partial charge in [-0.15, -0.1) is 5.10 Å². The van der Waals surface area contributed by atoms with Crippen LogP contribution in [0.5, 0.6) is 0 Å². The van der Waals surface area contributed by atoms with Crippen molar-refractivity contribution in [1.82, 2.24) is 39.5 Å². The number of nitrogens with zero attached hydrogens (tertiary/aromatic N) is 10. The normalized spacial score (nSPS) is 18.6. The van der Waals surface area contributed by atoms with Gasteiger partial charge in [0.15, 0.2) is 11.6 Å². The van der Waals surface area contributed by atoms with E-state index in [1.165, 1.54) is 13.8 Å². The number of aromatic nitrogens is 8. The predicted octanol–water partition coefficient (Wildman–Crippen LogP) is 5.78. The van der Waals surface area contributed by atoms with Crippen LogP contribution in [0.25, 0.3) is 0 Å². The first-order valence-electron chi connectivity index (χ1n) is 17.4. The maximum atomic E-state index is 15.0. The number of anilines is 7. The molecule has 22 heteroatoms. The monoisotopic (exact) mass is 787 g/mol. The molecule has 1 saturated heterocycles. The zero-order valence-electron chi connectivity index (χ0n) is 30.4. The second kappa shape index (κ2) is 13.4. The Labute approximate surface area is 313 Å². The van der Waals surface area contributed by atoms with E-state index in [2.05, 4.69) is 46.1 Å². The van der Waals surface area contributed by atoms with Crippen molar-refractivity contribution in [3.63, 3.8) is 0 Å². The topological polar surface area (TPSA) is 194 Å². The third-order valence-electron chi connectivity index (χ3n) is 9.71. The van der Waals surface area contributed by atoms with Gasteiger partial charge in [0.05, 0.1) is 36.3 Å². The molecule has 2 saturated carbocycles. The Balaban J connectivity index is 1.51. The lowest BCUT2D eigenvalue weighted by atomic mass is 10.1. The van der Waals surface area contributed by atoms with Gasteiger partial charge in [0.1, 0.15) is 22.5 Å². The van der Waals surface area contributed by atoms with E-state index in [4.69, 9.17) is 4.74 Å². The van der Waals surface area contributed by atoms with Crippen LogP contribution in [0.15, 0.2) is 40.3 Å². The van der Waals surface area contributed by atoms with Crippen molar-refractivity contribution in [2.45, 2.75) is 94.8 Å². The van der Waals surface area contributed by atoms with E-state index in [1.807, 2.05) is 19.9 Å². The molecule has 7 rings (SSSR count). The van der Waals surface area contributed by atoms with Gasteiger partial charge in [0.25, 0.3) is 11.1 Å². The van der Waals surface area contributed by atoms with Gasteiger partial charge in [0.2, 0.25) is 11.9 Å². The van der Waals surface area contributed by atoms with E-state index in [-0.39, 0.29) is 31.5 Å². The fraction of sp³-hybridized carbons (Fsp3) is 0.500. The lowest BCUT2D eigenvalue weighted by Gasteiger charge is -2.29. The maximum Gasteiger partial charge on any atom is 0.421 e. The molecule has 296 valence electrons. The van der Waals surface area contributed by atoms with Crippen LogP contribution < -0.4 is 32.0 Å². The number of ether oxygens (including phenoxy) is 1. The molecule has 4 aromatic heterocycles. The Morgan fingerprint density at radius 1 is 0.875 bits per heavy atom. The minimum absolute atomic E-state index is 0.00808. The zero-order chi connectivity index (χ0) is 40.4. The Morgan fingerprint density at radius 2 is 1.48 bits per heavy atom. The molecule has 4 aromatic rings. The van der Waals surface area contributed by atoms with Crippen molar-refractivity contribution < 1.29 is 31.1 Å². The van der Waals surface area contributed by atoms with Crippen molar-refractivity contribution in [3.05, 3.63) is 62.6 Å². The molecule has 0 spiro atoms. The SMILES string of the molecule is CC1(Nc2ncc(C(F)(F)F)c(Nc3cc(=O)n(C4CCOC4)nc3N(c3cnn(C(C)(C)C#N)c(=O)c3)c3nc(NC4(C)CC4)ncc3C(F)(F)F)n2)CC1. The highest BCUT2D eigenvalue weighted by molar-refractivity contribution is 5.83. The lowest BCUT2D eigenvalue weighted by molar-refractivity contribution is -0.138. The molecule has 1 aliphatic heterocycles. The maximum absolute atomic E-state index is 15.0. The molecule has 1 atom stereocenters. The number of nitrogens with one attached hydrogen (secondary N) is 3. The first kappa shape index (κ1) is 38.4. The second-order valence-electron chi connectivity index (χ2n) is 15.0. The van der Waals surface area contributed by atoms with E-state index in [0.717, 1.165) is 32.6 Å². The molecule has 3 N–H and O–H groups in total. The highest BCUT2D eigenvalue weighted by atomic mass is 19.4. The summed E-state index contributed by atoms with van der Waals surface area (Å²) in [5, 5.41) is 26.7. The Morgan fingerprint density at radius 3 is 2.02 bits per heavy atom. The van der Waals surface area contributed by atoms with Crippen LogP contribution in [-0.2, 0) is 22.6 Å². The van der Waals surface area contributed by atoms with Gasteiger partial charge < -0.3 is 20.7 Å². The highest BCUT2D eigenvalue weighted by Crippen LogP contribution is 2.46. The molecule has 56 heavy (non-hydrogen) atoms. The largest absolute Gasteiger partial charge is 0.421 e. The summed E-state index contributed by atoms with van der Waals surface area (Å²) in [7, 11) is 0. The van der Waals surface area contributed by atoms with Gasteiger partial charge in [-0.3, -0.25) is 14.5 Å². The summed E-state index contributed by atoms with van der Waals surface area (Å²) >= 11 is 0. The van der Waals surface area contributed by atoms with E-state index in [1.54, 1.807) is 0 Å². The number of nitriles is 1. The van der Waals surface area contributed by atoms with E-state index in [9.17, 15) is 41.2 Å². The third-order valence-corrected chi connectivity index (χ3v) is 9.71. The van der Waals surface area contributed by atoms with Gasteiger partial charge in [-0.1, -0.05) is 0 Å². The first-order valence-corrected chi connectivity index (χ1v) is 17.4. The number of halogens is 6. The molecule has 0 radical (unpaired) electrons. The first-order chi connectivity index (χ1) is 26.2. The van der Waals surface area contributed by atoms with Crippen molar-refractivity contribution in [3.8, 4) is 6.07 Å². The van der Waals surface area contributed by atoms with E-state index in [0.29, 0.717) is 38.1 Å². The molecule has 0 bridgehead atoms. The molecule has 1 unspecified atom stereocenters. The van der Waals surface area contributed by atoms with Crippen molar-refractivity contribution in [2.75, 3.05) is 34.1 Å².